The van der Waals surface area contributed by atoms with Crippen LogP contribution in [0, 0.1) is 0 Å². The molecule has 2 N–H and O–H groups in total. The van der Waals surface area contributed by atoms with Gasteiger partial charge in [0.2, 0.25) is 0 Å². The van der Waals surface area contributed by atoms with E-state index in [1.165, 1.54) is 0 Å². The lowest BCUT2D eigenvalue weighted by Gasteiger charge is -2.12. The van der Waals surface area contributed by atoms with Crippen LogP contribution in [-0.4, -0.2) is 23.6 Å². The number of nitrogens with zero attached hydrogens (tertiary/aromatic N) is 2. The van der Waals surface area contributed by atoms with Gasteiger partial charge in [-0.05, 0) is 12.2 Å². The number of hydrogen-bond acceptors (Lipinski definition) is 3. The third kappa shape index (κ3) is 1.26. The van der Waals surface area contributed by atoms with Gasteiger partial charge < -0.3 is 10.6 Å². The van der Waals surface area contributed by atoms with E-state index >= 15 is 0 Å². The Morgan fingerprint density at radius 1 is 1.54 bits per heavy atom. The molecule has 2 aliphatic heterocycles. The molecule has 2 aliphatic rings. The number of amides is 1. The summed E-state index contributed by atoms with van der Waals surface area (Å²) in [6, 6.07) is 0. The fourth-order valence-electron chi connectivity index (χ4n) is 1.30. The van der Waals surface area contributed by atoms with Gasteiger partial charge in [-0.25, -0.2) is 4.99 Å². The Hall–Kier alpha value is -1.84. The SMILES string of the molecule is NC(=O)C1=C2N=CCN2C=CC=C1. The van der Waals surface area contributed by atoms with E-state index in [0.29, 0.717) is 17.9 Å². The lowest BCUT2D eigenvalue weighted by molar-refractivity contribution is -0.114. The van der Waals surface area contributed by atoms with Gasteiger partial charge >= 0.3 is 0 Å². The second-order valence-electron chi connectivity index (χ2n) is 2.77. The Morgan fingerprint density at radius 2 is 2.38 bits per heavy atom. The molecule has 0 radical (unpaired) electrons. The Morgan fingerprint density at radius 3 is 3.15 bits per heavy atom. The molecule has 4 nitrogen and oxygen atoms in total. The summed E-state index contributed by atoms with van der Waals surface area (Å²) in [6.07, 6.45) is 8.93. The van der Waals surface area contributed by atoms with Crippen molar-refractivity contribution in [2.75, 3.05) is 6.54 Å². The van der Waals surface area contributed by atoms with Gasteiger partial charge in [0.25, 0.3) is 5.91 Å². The monoisotopic (exact) mass is 175 g/mol. The molecule has 2 heterocycles. The molecule has 1 amide bonds. The van der Waals surface area contributed by atoms with Crippen LogP contribution in [0.5, 0.6) is 0 Å². The van der Waals surface area contributed by atoms with Gasteiger partial charge in [0.15, 0.2) is 0 Å². The predicted octanol–water partition coefficient (Wildman–Crippen LogP) is 0.153. The fourth-order valence-corrected chi connectivity index (χ4v) is 1.30. The van der Waals surface area contributed by atoms with Crippen molar-refractivity contribution in [1.29, 1.82) is 0 Å². The molecule has 4 heteroatoms. The second kappa shape index (κ2) is 2.90. The summed E-state index contributed by atoms with van der Waals surface area (Å²) < 4.78 is 0. The number of allylic oxidation sites excluding steroid dienone is 2. The quantitative estimate of drug-likeness (QED) is 0.616. The summed E-state index contributed by atoms with van der Waals surface area (Å²) in [5.74, 6) is 0.191. The van der Waals surface area contributed by atoms with Crippen molar-refractivity contribution < 1.29 is 4.79 Å². The fraction of sp³-hybridized carbons (Fsp3) is 0.111. The van der Waals surface area contributed by atoms with Crippen molar-refractivity contribution in [3.05, 3.63) is 35.8 Å². The Balaban J connectivity index is 2.50. The summed E-state index contributed by atoms with van der Waals surface area (Å²) in [4.78, 5) is 17.0. The molecule has 0 unspecified atom stereocenters. The molecule has 13 heavy (non-hydrogen) atoms. The van der Waals surface area contributed by atoms with E-state index in [-0.39, 0.29) is 0 Å². The number of aliphatic imine (C=N–C) groups is 1. The van der Waals surface area contributed by atoms with Crippen molar-refractivity contribution >= 4 is 12.1 Å². The molecule has 0 aromatic carbocycles. The van der Waals surface area contributed by atoms with E-state index in [1.54, 1.807) is 18.4 Å². The van der Waals surface area contributed by atoms with Crippen LogP contribution < -0.4 is 5.73 Å². The molecule has 0 saturated carbocycles. The molecule has 2 rings (SSSR count). The van der Waals surface area contributed by atoms with Gasteiger partial charge in [-0.3, -0.25) is 4.79 Å². The summed E-state index contributed by atoms with van der Waals surface area (Å²) >= 11 is 0. The van der Waals surface area contributed by atoms with Gasteiger partial charge in [0.05, 0.1) is 12.1 Å². The molecule has 0 spiro atoms. The first kappa shape index (κ1) is 7.79. The first-order valence-corrected chi connectivity index (χ1v) is 3.97. The molecular weight excluding hydrogens is 166 g/mol. The third-order valence-corrected chi connectivity index (χ3v) is 1.91. The number of fused-ring (bicyclic) bond motifs is 1. The summed E-state index contributed by atoms with van der Waals surface area (Å²) in [5.41, 5.74) is 5.67. The summed E-state index contributed by atoms with van der Waals surface area (Å²) in [7, 11) is 0. The van der Waals surface area contributed by atoms with Crippen molar-refractivity contribution in [3.63, 3.8) is 0 Å². The van der Waals surface area contributed by atoms with Crippen molar-refractivity contribution in [3.8, 4) is 0 Å². The number of nitrogens with two attached hydrogens (primary N) is 1. The van der Waals surface area contributed by atoms with Crippen LogP contribution in [0.25, 0.3) is 0 Å². The average molecular weight is 175 g/mol. The van der Waals surface area contributed by atoms with Gasteiger partial charge in [0.1, 0.15) is 5.82 Å². The maximum atomic E-state index is 11.0. The molecule has 0 aliphatic carbocycles. The predicted molar refractivity (Wildman–Crippen MR) is 49.7 cm³/mol. The van der Waals surface area contributed by atoms with Crippen molar-refractivity contribution in [2.45, 2.75) is 0 Å². The molecule has 0 fully saturated rings. The zero-order valence-electron chi connectivity index (χ0n) is 6.97. The minimum Gasteiger partial charge on any atom is -0.365 e. The number of rotatable bonds is 1. The maximum Gasteiger partial charge on any atom is 0.252 e. The first-order valence-electron chi connectivity index (χ1n) is 3.97. The second-order valence-corrected chi connectivity index (χ2v) is 2.77. The minimum absolute atomic E-state index is 0.445. The molecule has 0 aromatic rings. The molecule has 0 saturated heterocycles. The van der Waals surface area contributed by atoms with E-state index in [4.69, 9.17) is 5.73 Å². The zero-order valence-corrected chi connectivity index (χ0v) is 6.97. The maximum absolute atomic E-state index is 11.0. The largest absolute Gasteiger partial charge is 0.365 e. The lowest BCUT2D eigenvalue weighted by atomic mass is 10.2. The average Bonchev–Trinajstić information content (AvgIpc) is 2.44. The Labute approximate surface area is 75.7 Å². The van der Waals surface area contributed by atoms with E-state index in [2.05, 4.69) is 4.99 Å². The van der Waals surface area contributed by atoms with Crippen molar-refractivity contribution in [2.24, 2.45) is 10.7 Å². The molecular formula is C9H9N3O. The number of carbonyl (C=O) groups excluding carboxylic acids is 1. The highest BCUT2D eigenvalue weighted by Crippen LogP contribution is 2.19. The Bertz CT molecular complexity index is 363. The van der Waals surface area contributed by atoms with E-state index in [0.717, 1.165) is 0 Å². The standard InChI is InChI=1S/C9H9N3O/c10-8(13)7-3-1-2-5-12-6-4-11-9(7)12/h1-5H,6H2,(H2,10,13). The summed E-state index contributed by atoms with van der Waals surface area (Å²) in [6.45, 7) is 0.699. The highest BCUT2D eigenvalue weighted by molar-refractivity contribution is 5.96. The van der Waals surface area contributed by atoms with Crippen LogP contribution >= 0.6 is 0 Å². The van der Waals surface area contributed by atoms with E-state index < -0.39 is 5.91 Å². The number of primary amides is 1. The van der Waals surface area contributed by atoms with Crippen LogP contribution in [0.15, 0.2) is 40.8 Å². The topological polar surface area (TPSA) is 58.7 Å². The highest BCUT2D eigenvalue weighted by Gasteiger charge is 2.18. The number of hydrogen-bond donors (Lipinski definition) is 1. The molecule has 66 valence electrons. The summed E-state index contributed by atoms with van der Waals surface area (Å²) in [5, 5.41) is 0. The smallest absolute Gasteiger partial charge is 0.252 e. The van der Waals surface area contributed by atoms with E-state index in [9.17, 15) is 4.79 Å². The van der Waals surface area contributed by atoms with Crippen molar-refractivity contribution in [1.82, 2.24) is 4.90 Å². The normalized spacial score (nSPS) is 19.2. The van der Waals surface area contributed by atoms with E-state index in [1.807, 2.05) is 17.2 Å². The van der Waals surface area contributed by atoms with Gasteiger partial charge in [-0.2, -0.15) is 0 Å². The number of carbonyl (C=O) groups is 1. The lowest BCUT2D eigenvalue weighted by Crippen LogP contribution is -2.19. The molecule has 0 atom stereocenters. The van der Waals surface area contributed by atoms with Gasteiger partial charge in [-0.1, -0.05) is 6.08 Å². The van der Waals surface area contributed by atoms with Crippen LogP contribution in [0.3, 0.4) is 0 Å². The Kier molecular flexibility index (Phi) is 1.73. The molecule has 0 aromatic heterocycles. The zero-order chi connectivity index (χ0) is 9.26. The highest BCUT2D eigenvalue weighted by atomic mass is 16.1. The minimum atomic E-state index is -0.445. The van der Waals surface area contributed by atoms with Gasteiger partial charge in [0, 0.05) is 12.4 Å². The van der Waals surface area contributed by atoms with Crippen LogP contribution in [0.2, 0.25) is 0 Å². The first-order chi connectivity index (χ1) is 6.29. The van der Waals surface area contributed by atoms with Crippen LogP contribution in [0.1, 0.15) is 0 Å². The molecule has 0 bridgehead atoms. The van der Waals surface area contributed by atoms with Gasteiger partial charge in [-0.15, -0.1) is 0 Å². The van der Waals surface area contributed by atoms with Crippen LogP contribution in [0.4, 0.5) is 0 Å². The van der Waals surface area contributed by atoms with Crippen LogP contribution in [-0.2, 0) is 4.79 Å². The third-order valence-electron chi connectivity index (χ3n) is 1.91.